The highest BCUT2D eigenvalue weighted by atomic mass is 79.9. The Balaban J connectivity index is 2.45. The molecule has 0 amide bonds. The second-order valence-electron chi connectivity index (χ2n) is 3.20. The van der Waals surface area contributed by atoms with Gasteiger partial charge in [0.25, 0.3) is 0 Å². The topological polar surface area (TPSA) is 25.8 Å². The number of nitrogens with zero attached hydrogens (tertiary/aromatic N) is 2. The molecule has 4 heteroatoms. The number of benzene rings is 1. The minimum Gasteiger partial charge on any atom is -0.235 e. The molecule has 0 fully saturated rings. The molecular weight excluding hydrogens is 275 g/mol. The van der Waals surface area contributed by atoms with Crippen molar-refractivity contribution in [2.24, 2.45) is 0 Å². The van der Waals surface area contributed by atoms with Crippen LogP contribution in [0, 0.1) is 6.92 Å². The predicted molar refractivity (Wildman–Crippen MR) is 64.9 cm³/mol. The maximum absolute atomic E-state index is 5.90. The first-order valence-corrected chi connectivity index (χ1v) is 5.59. The van der Waals surface area contributed by atoms with Crippen molar-refractivity contribution in [2.75, 3.05) is 0 Å². The molecule has 0 unspecified atom stereocenters. The normalized spacial score (nSPS) is 10.3. The minimum atomic E-state index is 0.431. The summed E-state index contributed by atoms with van der Waals surface area (Å²) in [5, 5.41) is 0.431. The highest BCUT2D eigenvalue weighted by Crippen LogP contribution is 2.22. The van der Waals surface area contributed by atoms with Crippen LogP contribution in [0.3, 0.4) is 0 Å². The first kappa shape index (κ1) is 10.6. The van der Waals surface area contributed by atoms with Crippen molar-refractivity contribution in [3.05, 3.63) is 45.7 Å². The largest absolute Gasteiger partial charge is 0.235 e. The van der Waals surface area contributed by atoms with E-state index in [1.165, 1.54) is 5.56 Å². The summed E-state index contributed by atoms with van der Waals surface area (Å²) in [7, 11) is 0. The van der Waals surface area contributed by atoms with Gasteiger partial charge in [-0.05, 0) is 22.9 Å². The summed E-state index contributed by atoms with van der Waals surface area (Å²) in [6, 6.07) is 8.01. The van der Waals surface area contributed by atoms with Crippen LogP contribution in [0.1, 0.15) is 5.56 Å². The summed E-state index contributed by atoms with van der Waals surface area (Å²) in [4.78, 5) is 8.38. The molecule has 0 saturated heterocycles. The molecule has 2 nitrogen and oxygen atoms in total. The highest BCUT2D eigenvalue weighted by molar-refractivity contribution is 9.10. The molecule has 0 radical (unpaired) electrons. The number of rotatable bonds is 1. The van der Waals surface area contributed by atoms with Gasteiger partial charge in [-0.3, -0.25) is 0 Å². The Morgan fingerprint density at radius 1 is 1.20 bits per heavy atom. The summed E-state index contributed by atoms with van der Waals surface area (Å²) >= 11 is 9.15. The summed E-state index contributed by atoms with van der Waals surface area (Å²) in [5.41, 5.74) is 2.18. The van der Waals surface area contributed by atoms with Crippen LogP contribution in [0.2, 0.25) is 5.15 Å². The van der Waals surface area contributed by atoms with Crippen molar-refractivity contribution in [2.45, 2.75) is 6.92 Å². The second-order valence-corrected chi connectivity index (χ2v) is 4.41. The first-order chi connectivity index (χ1) is 7.16. The molecule has 15 heavy (non-hydrogen) atoms. The van der Waals surface area contributed by atoms with E-state index in [9.17, 15) is 0 Å². The smallest absolute Gasteiger partial charge is 0.160 e. The Kier molecular flexibility index (Phi) is 3.03. The van der Waals surface area contributed by atoms with E-state index in [0.717, 1.165) is 5.56 Å². The maximum Gasteiger partial charge on any atom is 0.160 e. The predicted octanol–water partition coefficient (Wildman–Crippen LogP) is 3.87. The van der Waals surface area contributed by atoms with Crippen molar-refractivity contribution in [1.29, 1.82) is 0 Å². The zero-order chi connectivity index (χ0) is 10.8. The molecular formula is C11H8BrClN2. The third kappa shape index (κ3) is 2.36. The van der Waals surface area contributed by atoms with Crippen LogP contribution in [-0.2, 0) is 0 Å². The van der Waals surface area contributed by atoms with Crippen LogP contribution in [0.25, 0.3) is 11.4 Å². The van der Waals surface area contributed by atoms with Crippen molar-refractivity contribution in [3.8, 4) is 11.4 Å². The number of halogens is 2. The standard InChI is InChI=1S/C11H8BrClN2/c1-7-2-4-8(5-3-7)11-14-6-9(12)10(13)15-11/h2-6H,1H3. The van der Waals surface area contributed by atoms with Crippen LogP contribution in [0.15, 0.2) is 34.9 Å². The van der Waals surface area contributed by atoms with Crippen molar-refractivity contribution in [3.63, 3.8) is 0 Å². The number of aromatic nitrogens is 2. The van der Waals surface area contributed by atoms with Crippen molar-refractivity contribution >= 4 is 27.5 Å². The van der Waals surface area contributed by atoms with E-state index in [4.69, 9.17) is 11.6 Å². The molecule has 0 aliphatic rings. The molecule has 0 bridgehead atoms. The Hall–Kier alpha value is -0.930. The molecule has 1 heterocycles. The number of hydrogen-bond acceptors (Lipinski definition) is 2. The van der Waals surface area contributed by atoms with Crippen molar-refractivity contribution < 1.29 is 0 Å². The molecule has 76 valence electrons. The van der Waals surface area contributed by atoms with Crippen LogP contribution < -0.4 is 0 Å². The lowest BCUT2D eigenvalue weighted by Crippen LogP contribution is -1.89. The molecule has 1 aromatic carbocycles. The molecule has 0 aliphatic heterocycles. The fraction of sp³-hybridized carbons (Fsp3) is 0.0909. The van der Waals surface area contributed by atoms with Gasteiger partial charge in [0.15, 0.2) is 5.82 Å². The average molecular weight is 284 g/mol. The quantitative estimate of drug-likeness (QED) is 0.743. The van der Waals surface area contributed by atoms with Gasteiger partial charge in [0.2, 0.25) is 0 Å². The van der Waals surface area contributed by atoms with E-state index in [1.54, 1.807) is 6.20 Å². The summed E-state index contributed by atoms with van der Waals surface area (Å²) in [6.45, 7) is 2.04. The average Bonchev–Trinajstić information content (AvgIpc) is 2.23. The van der Waals surface area contributed by atoms with Gasteiger partial charge in [0.05, 0.1) is 4.47 Å². The minimum absolute atomic E-state index is 0.431. The molecule has 0 saturated carbocycles. The van der Waals surface area contributed by atoms with E-state index in [-0.39, 0.29) is 0 Å². The number of aryl methyl sites for hydroxylation is 1. The SMILES string of the molecule is Cc1ccc(-c2ncc(Br)c(Cl)n2)cc1. The molecule has 0 N–H and O–H groups in total. The van der Waals surface area contributed by atoms with Gasteiger partial charge < -0.3 is 0 Å². The van der Waals surface area contributed by atoms with Gasteiger partial charge in [0, 0.05) is 11.8 Å². The van der Waals surface area contributed by atoms with Crippen LogP contribution in [-0.4, -0.2) is 9.97 Å². The lowest BCUT2D eigenvalue weighted by molar-refractivity contribution is 1.16. The van der Waals surface area contributed by atoms with Gasteiger partial charge >= 0.3 is 0 Å². The van der Waals surface area contributed by atoms with Gasteiger partial charge in [-0.2, -0.15) is 0 Å². The molecule has 0 atom stereocenters. The van der Waals surface area contributed by atoms with E-state index >= 15 is 0 Å². The fourth-order valence-corrected chi connectivity index (χ4v) is 1.51. The lowest BCUT2D eigenvalue weighted by Gasteiger charge is -2.01. The van der Waals surface area contributed by atoms with E-state index in [1.807, 2.05) is 31.2 Å². The highest BCUT2D eigenvalue weighted by Gasteiger charge is 2.04. The van der Waals surface area contributed by atoms with Gasteiger partial charge in [-0.15, -0.1) is 0 Å². The number of hydrogen-bond donors (Lipinski definition) is 0. The monoisotopic (exact) mass is 282 g/mol. The zero-order valence-electron chi connectivity index (χ0n) is 8.04. The Labute approximate surface area is 101 Å². The Morgan fingerprint density at radius 3 is 2.47 bits per heavy atom. The van der Waals surface area contributed by atoms with E-state index < -0.39 is 0 Å². The van der Waals surface area contributed by atoms with Crippen molar-refractivity contribution in [1.82, 2.24) is 9.97 Å². The molecule has 2 rings (SSSR count). The van der Waals surface area contributed by atoms with Crippen LogP contribution in [0.4, 0.5) is 0 Å². The molecule has 0 spiro atoms. The van der Waals surface area contributed by atoms with Gasteiger partial charge in [-0.25, -0.2) is 9.97 Å². The molecule has 2 aromatic rings. The third-order valence-corrected chi connectivity index (χ3v) is 3.11. The first-order valence-electron chi connectivity index (χ1n) is 4.42. The molecule has 0 aliphatic carbocycles. The second kappa shape index (κ2) is 4.29. The Morgan fingerprint density at radius 2 is 1.87 bits per heavy atom. The summed E-state index contributed by atoms with van der Waals surface area (Å²) < 4.78 is 0.708. The summed E-state index contributed by atoms with van der Waals surface area (Å²) in [5.74, 6) is 0.642. The Bertz CT molecular complexity index is 482. The fourth-order valence-electron chi connectivity index (χ4n) is 1.19. The van der Waals surface area contributed by atoms with Crippen LogP contribution >= 0.6 is 27.5 Å². The maximum atomic E-state index is 5.90. The van der Waals surface area contributed by atoms with Crippen LogP contribution in [0.5, 0.6) is 0 Å². The van der Waals surface area contributed by atoms with Gasteiger partial charge in [0.1, 0.15) is 5.15 Å². The van der Waals surface area contributed by atoms with E-state index in [0.29, 0.717) is 15.5 Å². The van der Waals surface area contributed by atoms with E-state index in [2.05, 4.69) is 25.9 Å². The molecule has 1 aromatic heterocycles. The van der Waals surface area contributed by atoms with Gasteiger partial charge in [-0.1, -0.05) is 41.4 Å². The third-order valence-electron chi connectivity index (χ3n) is 2.01. The zero-order valence-corrected chi connectivity index (χ0v) is 10.4. The summed E-state index contributed by atoms with van der Waals surface area (Å²) in [6.07, 6.45) is 1.66. The lowest BCUT2D eigenvalue weighted by atomic mass is 10.1.